The summed E-state index contributed by atoms with van der Waals surface area (Å²) in [7, 11) is 1.21. The Kier molecular flexibility index (Phi) is 5.21. The highest BCUT2D eigenvalue weighted by Crippen LogP contribution is 2.35. The van der Waals surface area contributed by atoms with E-state index in [-0.39, 0.29) is 17.1 Å². The summed E-state index contributed by atoms with van der Waals surface area (Å²) >= 11 is 0. The van der Waals surface area contributed by atoms with Crippen molar-refractivity contribution in [2.24, 2.45) is 7.05 Å². The molecule has 0 saturated heterocycles. The number of fused-ring (bicyclic) bond motifs is 1. The fraction of sp³-hybridized carbons (Fsp3) is 0.368. The first-order valence-corrected chi connectivity index (χ1v) is 9.39. The van der Waals surface area contributed by atoms with Gasteiger partial charge in [-0.05, 0) is 25.0 Å². The molecule has 3 heterocycles. The minimum Gasteiger partial charge on any atom is -0.441 e. The van der Waals surface area contributed by atoms with Crippen LogP contribution in [0.15, 0.2) is 28.8 Å². The van der Waals surface area contributed by atoms with Crippen LogP contribution in [0, 0.1) is 0 Å². The van der Waals surface area contributed by atoms with Crippen molar-refractivity contribution in [1.29, 1.82) is 0 Å². The third-order valence-electron chi connectivity index (χ3n) is 4.96. The van der Waals surface area contributed by atoms with Gasteiger partial charge >= 0.3 is 12.4 Å². The molecule has 0 bridgehead atoms. The van der Waals surface area contributed by atoms with Crippen LogP contribution in [0.25, 0.3) is 11.5 Å². The van der Waals surface area contributed by atoms with Gasteiger partial charge < -0.3 is 9.73 Å². The van der Waals surface area contributed by atoms with Gasteiger partial charge in [-0.15, -0.1) is 0 Å². The molecule has 1 atom stereocenters. The van der Waals surface area contributed by atoms with Crippen LogP contribution in [0.2, 0.25) is 0 Å². The number of nitrogens with zero attached hydrogens (tertiary/aromatic N) is 4. The molecule has 32 heavy (non-hydrogen) atoms. The van der Waals surface area contributed by atoms with Gasteiger partial charge in [0.25, 0.3) is 5.91 Å². The fourth-order valence-electron chi connectivity index (χ4n) is 3.45. The van der Waals surface area contributed by atoms with Gasteiger partial charge in [0.2, 0.25) is 5.89 Å². The number of aromatic nitrogens is 4. The molecule has 0 radical (unpaired) electrons. The van der Waals surface area contributed by atoms with Gasteiger partial charge in [0.05, 0.1) is 6.04 Å². The molecule has 0 fully saturated rings. The molecule has 170 valence electrons. The van der Waals surface area contributed by atoms with Crippen LogP contribution in [0.3, 0.4) is 0 Å². The largest absolute Gasteiger partial charge is 0.441 e. The molecular formula is C19H15F6N5O2. The van der Waals surface area contributed by atoms with Crippen LogP contribution in [-0.4, -0.2) is 25.7 Å². The highest BCUT2D eigenvalue weighted by Gasteiger charge is 2.36. The van der Waals surface area contributed by atoms with Crippen molar-refractivity contribution in [2.45, 2.75) is 37.7 Å². The maximum Gasteiger partial charge on any atom is 0.435 e. The number of hydrogen-bond donors (Lipinski definition) is 1. The average molecular weight is 459 g/mol. The summed E-state index contributed by atoms with van der Waals surface area (Å²) < 4.78 is 83.9. The minimum atomic E-state index is -4.70. The van der Waals surface area contributed by atoms with Crippen LogP contribution in [-0.2, 0) is 25.8 Å². The second-order valence-corrected chi connectivity index (χ2v) is 7.21. The van der Waals surface area contributed by atoms with Gasteiger partial charge in [-0.2, -0.15) is 31.4 Å². The second-order valence-electron chi connectivity index (χ2n) is 7.21. The lowest BCUT2D eigenvalue weighted by Gasteiger charge is -2.21. The lowest BCUT2D eigenvalue weighted by atomic mass is 9.96. The number of nitrogens with one attached hydrogen (secondary N) is 1. The van der Waals surface area contributed by atoms with Crippen molar-refractivity contribution in [3.63, 3.8) is 0 Å². The SMILES string of the molecule is Cn1nc(C(F)(F)F)cc1C(=O)NC1CCCc2oc(-c3ccnc(C(F)(F)F)c3)nc21. The molecule has 1 aliphatic rings. The Morgan fingerprint density at radius 3 is 2.53 bits per heavy atom. The zero-order valence-electron chi connectivity index (χ0n) is 16.4. The van der Waals surface area contributed by atoms with Crippen molar-refractivity contribution >= 4 is 5.91 Å². The second kappa shape index (κ2) is 7.64. The van der Waals surface area contributed by atoms with E-state index < -0.39 is 35.7 Å². The van der Waals surface area contributed by atoms with Crippen molar-refractivity contribution < 1.29 is 35.6 Å². The van der Waals surface area contributed by atoms with Crippen LogP contribution in [0.4, 0.5) is 26.3 Å². The molecule has 0 saturated carbocycles. The molecular weight excluding hydrogens is 444 g/mol. The Morgan fingerprint density at radius 1 is 1.16 bits per heavy atom. The molecule has 1 unspecified atom stereocenters. The first-order chi connectivity index (χ1) is 14.9. The summed E-state index contributed by atoms with van der Waals surface area (Å²) in [6.45, 7) is 0. The molecule has 0 aliphatic heterocycles. The van der Waals surface area contributed by atoms with E-state index in [2.05, 4.69) is 20.4 Å². The molecule has 1 amide bonds. The van der Waals surface area contributed by atoms with Crippen molar-refractivity contribution in [3.05, 3.63) is 52.9 Å². The van der Waals surface area contributed by atoms with Gasteiger partial charge in [0.1, 0.15) is 22.8 Å². The number of halogens is 6. The Labute approximate surface area is 176 Å². The van der Waals surface area contributed by atoms with Crippen molar-refractivity contribution in [1.82, 2.24) is 25.1 Å². The highest BCUT2D eigenvalue weighted by atomic mass is 19.4. The van der Waals surface area contributed by atoms with E-state index in [0.29, 0.717) is 36.8 Å². The van der Waals surface area contributed by atoms with E-state index in [1.54, 1.807) is 0 Å². The van der Waals surface area contributed by atoms with E-state index in [0.717, 1.165) is 16.9 Å². The third-order valence-corrected chi connectivity index (χ3v) is 4.96. The molecule has 3 aromatic rings. The van der Waals surface area contributed by atoms with E-state index in [1.165, 1.54) is 13.1 Å². The molecule has 4 rings (SSSR count). The number of aryl methyl sites for hydroxylation is 2. The summed E-state index contributed by atoms with van der Waals surface area (Å²) in [4.78, 5) is 20.1. The minimum absolute atomic E-state index is 0.0632. The smallest absolute Gasteiger partial charge is 0.435 e. The number of carbonyl (C=O) groups excluding carboxylic acids is 1. The predicted octanol–water partition coefficient (Wildman–Crippen LogP) is 4.32. The van der Waals surface area contributed by atoms with Crippen molar-refractivity contribution in [2.75, 3.05) is 0 Å². The lowest BCUT2D eigenvalue weighted by Crippen LogP contribution is -2.32. The Balaban J connectivity index is 1.60. The van der Waals surface area contributed by atoms with Crippen LogP contribution in [0.5, 0.6) is 0 Å². The monoisotopic (exact) mass is 459 g/mol. The fourth-order valence-corrected chi connectivity index (χ4v) is 3.45. The number of amides is 1. The van der Waals surface area contributed by atoms with E-state index >= 15 is 0 Å². The number of oxazole rings is 1. The van der Waals surface area contributed by atoms with Gasteiger partial charge in [-0.3, -0.25) is 14.5 Å². The van der Waals surface area contributed by atoms with Crippen LogP contribution in [0.1, 0.15) is 52.2 Å². The molecule has 7 nitrogen and oxygen atoms in total. The Morgan fingerprint density at radius 2 is 1.88 bits per heavy atom. The normalized spacial score (nSPS) is 16.7. The van der Waals surface area contributed by atoms with E-state index in [1.807, 2.05) is 0 Å². The Bertz CT molecular complexity index is 1160. The molecule has 1 N–H and O–H groups in total. The molecule has 0 aromatic carbocycles. The zero-order chi connectivity index (χ0) is 23.3. The molecule has 3 aromatic heterocycles. The molecule has 0 spiro atoms. The van der Waals surface area contributed by atoms with E-state index in [4.69, 9.17) is 4.42 Å². The quantitative estimate of drug-likeness (QED) is 0.590. The number of pyridine rings is 1. The number of carbonyl (C=O) groups is 1. The first-order valence-electron chi connectivity index (χ1n) is 9.39. The zero-order valence-corrected chi connectivity index (χ0v) is 16.4. The maximum absolute atomic E-state index is 12.9. The molecule has 1 aliphatic carbocycles. The summed E-state index contributed by atoms with van der Waals surface area (Å²) in [5.74, 6) is -0.465. The van der Waals surface area contributed by atoms with Crippen LogP contribution >= 0.6 is 0 Å². The van der Waals surface area contributed by atoms with Gasteiger partial charge in [-0.25, -0.2) is 4.98 Å². The Hall–Kier alpha value is -3.38. The number of hydrogen-bond acceptors (Lipinski definition) is 5. The summed E-state index contributed by atoms with van der Waals surface area (Å²) in [5, 5.41) is 5.93. The number of rotatable bonds is 3. The lowest BCUT2D eigenvalue weighted by molar-refractivity contribution is -0.142. The van der Waals surface area contributed by atoms with Gasteiger partial charge in [-0.1, -0.05) is 0 Å². The summed E-state index contributed by atoms with van der Waals surface area (Å²) in [5.41, 5.74) is -2.21. The van der Waals surface area contributed by atoms with Gasteiger partial charge in [0, 0.05) is 31.3 Å². The standard InChI is InChI=1S/C19H15F6N5O2/c1-30-11(8-14(29-30)19(23,24)25)16(31)27-10-3-2-4-12-15(10)28-17(32-12)9-5-6-26-13(7-9)18(20,21)22/h5-8,10H,2-4H2,1H3,(H,27,31). The highest BCUT2D eigenvalue weighted by molar-refractivity contribution is 5.93. The van der Waals surface area contributed by atoms with E-state index in [9.17, 15) is 31.1 Å². The maximum atomic E-state index is 12.9. The summed E-state index contributed by atoms with van der Waals surface area (Å²) in [6.07, 6.45) is -6.89. The summed E-state index contributed by atoms with van der Waals surface area (Å²) in [6, 6.07) is 2.08. The molecule has 13 heteroatoms. The van der Waals surface area contributed by atoms with Crippen LogP contribution < -0.4 is 5.32 Å². The predicted molar refractivity (Wildman–Crippen MR) is 96.1 cm³/mol. The first kappa shape index (κ1) is 21.8. The van der Waals surface area contributed by atoms with Gasteiger partial charge in [0.15, 0.2) is 5.69 Å². The topological polar surface area (TPSA) is 85.8 Å². The average Bonchev–Trinajstić information content (AvgIpc) is 3.32. The third kappa shape index (κ3) is 4.18. The van der Waals surface area contributed by atoms with Crippen molar-refractivity contribution in [3.8, 4) is 11.5 Å². The number of alkyl halides is 6.